The molecule has 0 amide bonds. The number of aryl methyl sites for hydroxylation is 2. The SMILES string of the molecule is COC(=O)CC(C)(C)CCCCc1ccc(CCCCC(C)(C)CC(=O)OC)cc1. The summed E-state index contributed by atoms with van der Waals surface area (Å²) in [7, 11) is 2.90. The molecule has 0 aliphatic rings. The fourth-order valence-electron chi connectivity index (χ4n) is 3.84. The van der Waals surface area contributed by atoms with E-state index in [1.165, 1.54) is 25.3 Å². The summed E-state index contributed by atoms with van der Waals surface area (Å²) in [5.41, 5.74) is 2.76. The first-order valence-corrected chi connectivity index (χ1v) is 11.3. The predicted molar refractivity (Wildman–Crippen MR) is 122 cm³/mol. The van der Waals surface area contributed by atoms with Crippen molar-refractivity contribution in [1.29, 1.82) is 0 Å². The van der Waals surface area contributed by atoms with Crippen molar-refractivity contribution >= 4 is 11.9 Å². The number of carbonyl (C=O) groups excluding carboxylic acids is 2. The molecule has 0 radical (unpaired) electrons. The van der Waals surface area contributed by atoms with E-state index < -0.39 is 0 Å². The van der Waals surface area contributed by atoms with Crippen molar-refractivity contribution in [3.8, 4) is 0 Å². The van der Waals surface area contributed by atoms with Crippen molar-refractivity contribution in [2.75, 3.05) is 14.2 Å². The van der Waals surface area contributed by atoms with Crippen LogP contribution >= 0.6 is 0 Å². The Balaban J connectivity index is 2.27. The Morgan fingerprint density at radius 2 is 1.00 bits per heavy atom. The molecule has 0 atom stereocenters. The summed E-state index contributed by atoms with van der Waals surface area (Å²) in [5.74, 6) is -0.245. The molecule has 30 heavy (non-hydrogen) atoms. The van der Waals surface area contributed by atoms with Gasteiger partial charge in [0.05, 0.1) is 27.1 Å². The number of hydrogen-bond acceptors (Lipinski definition) is 4. The van der Waals surface area contributed by atoms with Crippen LogP contribution in [0.25, 0.3) is 0 Å². The Morgan fingerprint density at radius 1 is 0.667 bits per heavy atom. The molecule has 0 unspecified atom stereocenters. The molecule has 1 rings (SSSR count). The van der Waals surface area contributed by atoms with Crippen molar-refractivity contribution in [1.82, 2.24) is 0 Å². The molecule has 0 saturated carbocycles. The van der Waals surface area contributed by atoms with Crippen molar-refractivity contribution in [2.45, 2.75) is 91.9 Å². The molecule has 0 aliphatic carbocycles. The second-order valence-electron chi connectivity index (χ2n) is 10.1. The van der Waals surface area contributed by atoms with Gasteiger partial charge >= 0.3 is 11.9 Å². The topological polar surface area (TPSA) is 52.6 Å². The minimum Gasteiger partial charge on any atom is -0.469 e. The zero-order valence-electron chi connectivity index (χ0n) is 20.0. The average Bonchev–Trinajstić information content (AvgIpc) is 2.68. The standard InChI is InChI=1S/C26H42O4/c1-25(2,19-23(27)29-5)17-9-7-11-21-13-15-22(16-14-21)12-8-10-18-26(3,4)20-24(28)30-6/h13-16H,7-12,17-20H2,1-6H3. The Hall–Kier alpha value is -1.84. The molecule has 0 aliphatic heterocycles. The fourth-order valence-corrected chi connectivity index (χ4v) is 3.84. The molecule has 0 aromatic heterocycles. The van der Waals surface area contributed by atoms with Crippen LogP contribution in [0.3, 0.4) is 0 Å². The van der Waals surface area contributed by atoms with Crippen LogP contribution in [-0.4, -0.2) is 26.2 Å². The first-order valence-electron chi connectivity index (χ1n) is 11.3. The highest BCUT2D eigenvalue weighted by Gasteiger charge is 2.22. The number of hydrogen-bond donors (Lipinski definition) is 0. The van der Waals surface area contributed by atoms with Gasteiger partial charge in [0.2, 0.25) is 0 Å². The van der Waals surface area contributed by atoms with Crippen LogP contribution in [0.4, 0.5) is 0 Å². The first-order chi connectivity index (χ1) is 14.1. The van der Waals surface area contributed by atoms with Gasteiger partial charge < -0.3 is 9.47 Å². The lowest BCUT2D eigenvalue weighted by molar-refractivity contribution is -0.144. The summed E-state index contributed by atoms with van der Waals surface area (Å²) in [6.07, 6.45) is 9.71. The average molecular weight is 419 g/mol. The Labute approximate surface area is 183 Å². The molecule has 0 N–H and O–H groups in total. The zero-order valence-corrected chi connectivity index (χ0v) is 20.0. The van der Waals surface area contributed by atoms with Gasteiger partial charge in [0, 0.05) is 0 Å². The Morgan fingerprint density at radius 3 is 1.30 bits per heavy atom. The van der Waals surface area contributed by atoms with Crippen LogP contribution in [0.5, 0.6) is 0 Å². The van der Waals surface area contributed by atoms with Gasteiger partial charge in [-0.05, 0) is 60.5 Å². The van der Waals surface area contributed by atoms with Gasteiger partial charge in [0.25, 0.3) is 0 Å². The highest BCUT2D eigenvalue weighted by Crippen LogP contribution is 2.29. The molecular formula is C26H42O4. The monoisotopic (exact) mass is 418 g/mol. The lowest BCUT2D eigenvalue weighted by Crippen LogP contribution is -2.18. The van der Waals surface area contributed by atoms with E-state index in [2.05, 4.69) is 52.0 Å². The van der Waals surface area contributed by atoms with E-state index in [1.54, 1.807) is 0 Å². The molecule has 4 heteroatoms. The van der Waals surface area contributed by atoms with Crippen molar-refractivity contribution in [3.05, 3.63) is 35.4 Å². The van der Waals surface area contributed by atoms with Crippen molar-refractivity contribution < 1.29 is 19.1 Å². The van der Waals surface area contributed by atoms with Crippen LogP contribution in [0.15, 0.2) is 24.3 Å². The number of esters is 2. The molecule has 0 spiro atoms. The van der Waals surface area contributed by atoms with E-state index in [1.807, 2.05) is 0 Å². The maximum atomic E-state index is 11.5. The number of carbonyl (C=O) groups is 2. The summed E-state index contributed by atoms with van der Waals surface area (Å²) in [5, 5.41) is 0. The second kappa shape index (κ2) is 12.8. The third-order valence-electron chi connectivity index (χ3n) is 5.86. The summed E-state index contributed by atoms with van der Waals surface area (Å²) in [4.78, 5) is 22.9. The molecule has 0 saturated heterocycles. The number of methoxy groups -OCH3 is 2. The van der Waals surface area contributed by atoms with Gasteiger partial charge in [0.1, 0.15) is 0 Å². The van der Waals surface area contributed by atoms with Gasteiger partial charge in [-0.25, -0.2) is 0 Å². The Kier molecular flexibility index (Phi) is 11.1. The molecule has 0 fully saturated rings. The summed E-state index contributed by atoms with van der Waals surface area (Å²) in [6, 6.07) is 8.98. The van der Waals surface area contributed by atoms with Crippen LogP contribution in [0.2, 0.25) is 0 Å². The third kappa shape index (κ3) is 11.4. The molecular weight excluding hydrogens is 376 g/mol. The minimum absolute atomic E-state index is 0.00235. The molecule has 170 valence electrons. The summed E-state index contributed by atoms with van der Waals surface area (Å²) >= 11 is 0. The van der Waals surface area contributed by atoms with E-state index in [-0.39, 0.29) is 22.8 Å². The van der Waals surface area contributed by atoms with Gasteiger partial charge in [-0.15, -0.1) is 0 Å². The van der Waals surface area contributed by atoms with Crippen LogP contribution in [0.1, 0.15) is 90.2 Å². The maximum absolute atomic E-state index is 11.5. The Bertz CT molecular complexity index is 587. The van der Waals surface area contributed by atoms with Gasteiger partial charge in [-0.2, -0.15) is 0 Å². The molecule has 4 nitrogen and oxygen atoms in total. The molecule has 1 aromatic rings. The largest absolute Gasteiger partial charge is 0.469 e. The molecule has 0 bridgehead atoms. The van der Waals surface area contributed by atoms with E-state index in [0.717, 1.165) is 51.4 Å². The number of unbranched alkanes of at least 4 members (excludes halogenated alkanes) is 2. The zero-order chi connectivity index (χ0) is 22.6. The van der Waals surface area contributed by atoms with E-state index in [0.29, 0.717) is 12.8 Å². The van der Waals surface area contributed by atoms with E-state index >= 15 is 0 Å². The highest BCUT2D eigenvalue weighted by atomic mass is 16.5. The van der Waals surface area contributed by atoms with E-state index in [4.69, 9.17) is 9.47 Å². The second-order valence-corrected chi connectivity index (χ2v) is 10.1. The molecule has 0 heterocycles. The summed E-state index contributed by atoms with van der Waals surface area (Å²) < 4.78 is 9.57. The van der Waals surface area contributed by atoms with Crippen molar-refractivity contribution in [3.63, 3.8) is 0 Å². The van der Waals surface area contributed by atoms with Gasteiger partial charge in [0.15, 0.2) is 0 Å². The van der Waals surface area contributed by atoms with Gasteiger partial charge in [-0.1, -0.05) is 64.8 Å². The maximum Gasteiger partial charge on any atom is 0.306 e. The van der Waals surface area contributed by atoms with Crippen LogP contribution in [0, 0.1) is 10.8 Å². The number of rotatable bonds is 14. The lowest BCUT2D eigenvalue weighted by atomic mass is 9.83. The van der Waals surface area contributed by atoms with Crippen molar-refractivity contribution in [2.24, 2.45) is 10.8 Å². The van der Waals surface area contributed by atoms with Crippen LogP contribution in [-0.2, 0) is 31.9 Å². The van der Waals surface area contributed by atoms with Crippen LogP contribution < -0.4 is 0 Å². The first kappa shape index (κ1) is 26.2. The van der Waals surface area contributed by atoms with E-state index in [9.17, 15) is 9.59 Å². The predicted octanol–water partition coefficient (Wildman–Crippen LogP) is 6.29. The highest BCUT2D eigenvalue weighted by molar-refractivity contribution is 5.70. The molecule has 1 aromatic carbocycles. The normalized spacial score (nSPS) is 11.9. The lowest BCUT2D eigenvalue weighted by Gasteiger charge is -2.23. The fraction of sp³-hybridized carbons (Fsp3) is 0.692. The smallest absolute Gasteiger partial charge is 0.306 e. The number of benzene rings is 1. The minimum atomic E-state index is -0.123. The quantitative estimate of drug-likeness (QED) is 0.263. The number of ether oxygens (including phenoxy) is 2. The third-order valence-corrected chi connectivity index (χ3v) is 5.86. The summed E-state index contributed by atoms with van der Waals surface area (Å²) in [6.45, 7) is 8.54. The van der Waals surface area contributed by atoms with Gasteiger partial charge in [-0.3, -0.25) is 9.59 Å².